The van der Waals surface area contributed by atoms with Crippen LogP contribution in [0.25, 0.3) is 10.9 Å². The van der Waals surface area contributed by atoms with Crippen molar-refractivity contribution in [2.45, 2.75) is 19.8 Å². The molecule has 0 fully saturated rings. The third-order valence-electron chi connectivity index (χ3n) is 3.24. The van der Waals surface area contributed by atoms with E-state index in [9.17, 15) is 0 Å². The third-order valence-corrected chi connectivity index (χ3v) is 3.24. The summed E-state index contributed by atoms with van der Waals surface area (Å²) in [4.78, 5) is 0. The Morgan fingerprint density at radius 2 is 2.17 bits per heavy atom. The molecule has 96 valence electrons. The molecular formula is C14H19N3O. The summed E-state index contributed by atoms with van der Waals surface area (Å²) in [5.41, 5.74) is 1.91. The first-order chi connectivity index (χ1) is 8.85. The molecule has 1 atom stereocenters. The van der Waals surface area contributed by atoms with Gasteiger partial charge >= 0.3 is 0 Å². The highest BCUT2D eigenvalue weighted by Crippen LogP contribution is 2.20. The first kappa shape index (κ1) is 12.8. The molecule has 1 unspecified atom stereocenters. The molecule has 0 aliphatic rings. The van der Waals surface area contributed by atoms with Crippen LogP contribution >= 0.6 is 0 Å². The van der Waals surface area contributed by atoms with Gasteiger partial charge in [-0.15, -0.1) is 0 Å². The molecule has 2 aromatic rings. The Hall–Kier alpha value is -1.68. The molecular weight excluding hydrogens is 226 g/mol. The van der Waals surface area contributed by atoms with Crippen LogP contribution in [0.15, 0.2) is 30.5 Å². The van der Waals surface area contributed by atoms with E-state index in [0.29, 0.717) is 5.92 Å². The summed E-state index contributed by atoms with van der Waals surface area (Å²) in [6.07, 6.45) is 3.65. The molecule has 0 spiro atoms. The first-order valence-corrected chi connectivity index (χ1v) is 6.40. The Morgan fingerprint density at radius 1 is 1.33 bits per heavy atom. The van der Waals surface area contributed by atoms with E-state index in [-0.39, 0.29) is 6.61 Å². The second-order valence-corrected chi connectivity index (χ2v) is 4.44. The topological polar surface area (TPSA) is 58.0 Å². The van der Waals surface area contributed by atoms with Crippen molar-refractivity contribution in [3.05, 3.63) is 30.5 Å². The smallest absolute Gasteiger partial charge is 0.0950 e. The van der Waals surface area contributed by atoms with Crippen molar-refractivity contribution in [1.29, 1.82) is 0 Å². The lowest BCUT2D eigenvalue weighted by Gasteiger charge is -2.15. The van der Waals surface area contributed by atoms with Crippen LogP contribution in [-0.4, -0.2) is 28.5 Å². The molecule has 4 heteroatoms. The van der Waals surface area contributed by atoms with Crippen LogP contribution in [0.2, 0.25) is 0 Å². The van der Waals surface area contributed by atoms with Gasteiger partial charge in [0.15, 0.2) is 0 Å². The highest BCUT2D eigenvalue weighted by molar-refractivity contribution is 5.90. The summed E-state index contributed by atoms with van der Waals surface area (Å²) in [6.45, 7) is 3.24. The van der Waals surface area contributed by atoms with Crippen LogP contribution in [0, 0.1) is 5.92 Å². The second-order valence-electron chi connectivity index (χ2n) is 4.44. The fourth-order valence-electron chi connectivity index (χ4n) is 2.04. The highest BCUT2D eigenvalue weighted by atomic mass is 16.3. The number of fused-ring (bicyclic) bond motifs is 1. The molecule has 2 rings (SSSR count). The number of hydrogen-bond donors (Lipinski definition) is 2. The molecule has 0 saturated carbocycles. The Balaban J connectivity index is 2.11. The predicted molar refractivity (Wildman–Crippen MR) is 73.5 cm³/mol. The van der Waals surface area contributed by atoms with Gasteiger partial charge in [-0.3, -0.25) is 0 Å². The zero-order valence-electron chi connectivity index (χ0n) is 10.6. The number of hydrogen-bond acceptors (Lipinski definition) is 4. The van der Waals surface area contributed by atoms with Crippen molar-refractivity contribution in [3.8, 4) is 0 Å². The van der Waals surface area contributed by atoms with Crippen LogP contribution in [0.3, 0.4) is 0 Å². The van der Waals surface area contributed by atoms with Crippen LogP contribution < -0.4 is 5.32 Å². The minimum atomic E-state index is 0.246. The summed E-state index contributed by atoms with van der Waals surface area (Å²) in [6, 6.07) is 7.96. The van der Waals surface area contributed by atoms with Gasteiger partial charge < -0.3 is 10.4 Å². The van der Waals surface area contributed by atoms with Crippen LogP contribution in [0.4, 0.5) is 5.69 Å². The lowest BCUT2D eigenvalue weighted by molar-refractivity contribution is 0.258. The van der Waals surface area contributed by atoms with E-state index in [4.69, 9.17) is 5.11 Å². The van der Waals surface area contributed by atoms with Gasteiger partial charge in [-0.2, -0.15) is 10.2 Å². The number of aromatic nitrogens is 2. The summed E-state index contributed by atoms with van der Waals surface area (Å²) in [5.74, 6) is 0.488. The van der Waals surface area contributed by atoms with Crippen molar-refractivity contribution in [3.63, 3.8) is 0 Å². The monoisotopic (exact) mass is 245 g/mol. The van der Waals surface area contributed by atoms with Gasteiger partial charge in [0, 0.05) is 18.5 Å². The lowest BCUT2D eigenvalue weighted by atomic mass is 10.0. The second kappa shape index (κ2) is 6.31. The number of benzene rings is 1. The lowest BCUT2D eigenvalue weighted by Crippen LogP contribution is -2.15. The Bertz CT molecular complexity index is 496. The van der Waals surface area contributed by atoms with Gasteiger partial charge in [-0.1, -0.05) is 31.5 Å². The molecule has 0 saturated heterocycles. The fraction of sp³-hybridized carbons (Fsp3) is 0.429. The normalized spacial score (nSPS) is 12.6. The van der Waals surface area contributed by atoms with Crippen LogP contribution in [-0.2, 0) is 0 Å². The third kappa shape index (κ3) is 2.96. The first-order valence-electron chi connectivity index (χ1n) is 6.40. The number of aliphatic hydroxyl groups is 1. The Labute approximate surface area is 107 Å². The minimum absolute atomic E-state index is 0.246. The zero-order chi connectivity index (χ0) is 12.8. The van der Waals surface area contributed by atoms with E-state index < -0.39 is 0 Å². The predicted octanol–water partition coefficient (Wildman–Crippen LogP) is 2.45. The molecule has 18 heavy (non-hydrogen) atoms. The summed E-state index contributed by atoms with van der Waals surface area (Å²) < 4.78 is 0. The maximum atomic E-state index is 8.99. The molecule has 1 heterocycles. The molecule has 4 nitrogen and oxygen atoms in total. The molecule has 0 radical (unpaired) electrons. The van der Waals surface area contributed by atoms with E-state index in [2.05, 4.69) is 22.4 Å². The summed E-state index contributed by atoms with van der Waals surface area (Å²) in [5, 5.41) is 21.6. The average molecular weight is 245 g/mol. The SMILES string of the molecule is CCC(CCO)CNc1cnnc2ccccc12. The van der Waals surface area contributed by atoms with E-state index >= 15 is 0 Å². The number of aliphatic hydroxyl groups excluding tert-OH is 1. The number of nitrogens with one attached hydrogen (secondary N) is 1. The molecule has 1 aromatic heterocycles. The van der Waals surface area contributed by atoms with Crippen molar-refractivity contribution < 1.29 is 5.11 Å². The minimum Gasteiger partial charge on any atom is -0.396 e. The van der Waals surface area contributed by atoms with Crippen molar-refractivity contribution >= 4 is 16.6 Å². The van der Waals surface area contributed by atoms with Gasteiger partial charge in [0.05, 0.1) is 17.4 Å². The van der Waals surface area contributed by atoms with Gasteiger partial charge in [-0.05, 0) is 18.4 Å². The summed E-state index contributed by atoms with van der Waals surface area (Å²) >= 11 is 0. The van der Waals surface area contributed by atoms with Crippen molar-refractivity contribution in [2.24, 2.45) is 5.92 Å². The average Bonchev–Trinajstić information content (AvgIpc) is 2.43. The fourth-order valence-corrected chi connectivity index (χ4v) is 2.04. The largest absolute Gasteiger partial charge is 0.396 e. The van der Waals surface area contributed by atoms with E-state index in [1.807, 2.05) is 24.3 Å². The molecule has 0 aliphatic carbocycles. The number of rotatable bonds is 6. The quantitative estimate of drug-likeness (QED) is 0.820. The maximum Gasteiger partial charge on any atom is 0.0950 e. The Kier molecular flexibility index (Phi) is 4.47. The molecule has 0 amide bonds. The van der Waals surface area contributed by atoms with E-state index in [0.717, 1.165) is 36.0 Å². The standard InChI is InChI=1S/C14H19N3O/c1-2-11(7-8-18)9-15-14-10-16-17-13-6-4-3-5-12(13)14/h3-6,10-11,18H,2,7-9H2,1H3,(H,15,17). The Morgan fingerprint density at radius 3 is 2.94 bits per heavy atom. The summed E-state index contributed by atoms with van der Waals surface area (Å²) in [7, 11) is 0. The molecule has 0 bridgehead atoms. The van der Waals surface area contributed by atoms with Gasteiger partial charge in [0.1, 0.15) is 0 Å². The number of nitrogens with zero attached hydrogens (tertiary/aromatic N) is 2. The van der Waals surface area contributed by atoms with Gasteiger partial charge in [0.25, 0.3) is 0 Å². The number of anilines is 1. The van der Waals surface area contributed by atoms with Gasteiger partial charge in [0.2, 0.25) is 0 Å². The van der Waals surface area contributed by atoms with E-state index in [1.165, 1.54) is 0 Å². The van der Waals surface area contributed by atoms with Crippen LogP contribution in [0.1, 0.15) is 19.8 Å². The highest BCUT2D eigenvalue weighted by Gasteiger charge is 2.07. The molecule has 0 aliphatic heterocycles. The molecule has 2 N–H and O–H groups in total. The van der Waals surface area contributed by atoms with Crippen molar-refractivity contribution in [1.82, 2.24) is 10.2 Å². The van der Waals surface area contributed by atoms with Crippen LogP contribution in [0.5, 0.6) is 0 Å². The van der Waals surface area contributed by atoms with Crippen molar-refractivity contribution in [2.75, 3.05) is 18.5 Å². The zero-order valence-corrected chi connectivity index (χ0v) is 10.6. The molecule has 1 aromatic carbocycles. The maximum absolute atomic E-state index is 8.99. The van der Waals surface area contributed by atoms with Gasteiger partial charge in [-0.25, -0.2) is 0 Å². The van der Waals surface area contributed by atoms with E-state index in [1.54, 1.807) is 6.20 Å².